The number of aromatic amines is 1. The van der Waals surface area contributed by atoms with Crippen LogP contribution in [0.15, 0.2) is 70.6 Å². The molecule has 2 aromatic carbocycles. The lowest BCUT2D eigenvalue weighted by Gasteiger charge is -2.06. The Labute approximate surface area is 168 Å². The zero-order valence-electron chi connectivity index (χ0n) is 15.8. The van der Waals surface area contributed by atoms with Gasteiger partial charge in [-0.05, 0) is 24.0 Å². The fourth-order valence-corrected chi connectivity index (χ4v) is 3.67. The molecule has 2 N–H and O–H groups in total. The minimum atomic E-state index is -0.162. The second kappa shape index (κ2) is 9.90. The Morgan fingerprint density at radius 3 is 2.39 bits per heavy atom. The Balaban J connectivity index is 1.66. The molecule has 0 aliphatic carbocycles. The highest BCUT2D eigenvalue weighted by Gasteiger charge is 2.06. The zero-order valence-corrected chi connectivity index (χ0v) is 16.6. The van der Waals surface area contributed by atoms with E-state index in [1.54, 1.807) is 7.05 Å². The van der Waals surface area contributed by atoms with Gasteiger partial charge in [0.25, 0.3) is 5.56 Å². The third-order valence-electron chi connectivity index (χ3n) is 4.32. The molecule has 28 heavy (non-hydrogen) atoms. The van der Waals surface area contributed by atoms with Crippen molar-refractivity contribution in [2.24, 2.45) is 0 Å². The second-order valence-corrected chi connectivity index (χ2v) is 7.44. The molecule has 0 saturated carbocycles. The summed E-state index contributed by atoms with van der Waals surface area (Å²) < 4.78 is 0. The summed E-state index contributed by atoms with van der Waals surface area (Å²) in [7, 11) is 1.64. The topological polar surface area (TPSA) is 74.8 Å². The van der Waals surface area contributed by atoms with Crippen molar-refractivity contribution in [2.75, 3.05) is 12.8 Å². The molecule has 0 atom stereocenters. The molecular formula is C22H23N3O2S. The number of hydrogen-bond donors (Lipinski definition) is 2. The van der Waals surface area contributed by atoms with Crippen LogP contribution in [0.1, 0.15) is 19.3 Å². The van der Waals surface area contributed by atoms with Crippen molar-refractivity contribution in [3.8, 4) is 22.4 Å². The fourth-order valence-electron chi connectivity index (χ4n) is 2.80. The molecule has 6 heteroatoms. The maximum absolute atomic E-state index is 12.0. The highest BCUT2D eigenvalue weighted by atomic mass is 32.2. The Hall–Kier alpha value is -2.86. The van der Waals surface area contributed by atoms with Crippen molar-refractivity contribution >= 4 is 17.7 Å². The lowest BCUT2D eigenvalue weighted by molar-refractivity contribution is -0.120. The van der Waals surface area contributed by atoms with E-state index in [2.05, 4.69) is 27.4 Å². The molecule has 0 radical (unpaired) electrons. The van der Waals surface area contributed by atoms with Gasteiger partial charge in [-0.3, -0.25) is 9.59 Å². The summed E-state index contributed by atoms with van der Waals surface area (Å²) in [5, 5.41) is 3.22. The van der Waals surface area contributed by atoms with E-state index in [0.29, 0.717) is 17.3 Å². The number of carbonyl (C=O) groups is 1. The first-order chi connectivity index (χ1) is 13.7. The molecule has 3 rings (SSSR count). The number of thioether (sulfide) groups is 1. The minimum Gasteiger partial charge on any atom is -0.359 e. The van der Waals surface area contributed by atoms with Crippen LogP contribution in [0.5, 0.6) is 0 Å². The average Bonchev–Trinajstić information content (AvgIpc) is 2.73. The molecular weight excluding hydrogens is 370 g/mol. The first kappa shape index (κ1) is 19.9. The molecule has 0 spiro atoms. The lowest BCUT2D eigenvalue weighted by atomic mass is 10.0. The van der Waals surface area contributed by atoms with Crippen LogP contribution in [-0.2, 0) is 4.79 Å². The van der Waals surface area contributed by atoms with Crippen LogP contribution >= 0.6 is 11.8 Å². The van der Waals surface area contributed by atoms with E-state index >= 15 is 0 Å². The Morgan fingerprint density at radius 1 is 1.00 bits per heavy atom. The maximum Gasteiger partial charge on any atom is 0.252 e. The normalized spacial score (nSPS) is 10.6. The van der Waals surface area contributed by atoms with Crippen LogP contribution < -0.4 is 10.9 Å². The van der Waals surface area contributed by atoms with E-state index in [9.17, 15) is 9.59 Å². The molecule has 5 nitrogen and oxygen atoms in total. The SMILES string of the molecule is CNC(=O)CCCCSc1nc(-c2ccc(-c3ccccc3)cc2)cc(=O)[nH]1. The molecule has 1 amide bonds. The first-order valence-electron chi connectivity index (χ1n) is 9.26. The molecule has 144 valence electrons. The smallest absolute Gasteiger partial charge is 0.252 e. The first-order valence-corrected chi connectivity index (χ1v) is 10.2. The van der Waals surface area contributed by atoms with E-state index in [-0.39, 0.29) is 11.5 Å². The van der Waals surface area contributed by atoms with Gasteiger partial charge in [0.2, 0.25) is 5.91 Å². The van der Waals surface area contributed by atoms with Gasteiger partial charge in [-0.1, -0.05) is 66.4 Å². The fraction of sp³-hybridized carbons (Fsp3) is 0.227. The van der Waals surface area contributed by atoms with Gasteiger partial charge < -0.3 is 10.3 Å². The van der Waals surface area contributed by atoms with Gasteiger partial charge in [0, 0.05) is 30.9 Å². The number of nitrogens with zero attached hydrogens (tertiary/aromatic N) is 1. The van der Waals surface area contributed by atoms with Gasteiger partial charge in [0.1, 0.15) is 0 Å². The third kappa shape index (κ3) is 5.57. The van der Waals surface area contributed by atoms with Gasteiger partial charge in [-0.15, -0.1) is 0 Å². The summed E-state index contributed by atoms with van der Waals surface area (Å²) in [4.78, 5) is 30.6. The predicted molar refractivity (Wildman–Crippen MR) is 114 cm³/mol. The molecule has 1 aromatic heterocycles. The van der Waals surface area contributed by atoms with Gasteiger partial charge in [0.05, 0.1) is 5.69 Å². The van der Waals surface area contributed by atoms with E-state index in [1.165, 1.54) is 17.8 Å². The van der Waals surface area contributed by atoms with Crippen LogP contribution in [0.4, 0.5) is 0 Å². The number of unbranched alkanes of at least 4 members (excludes halogenated alkanes) is 1. The van der Waals surface area contributed by atoms with Crippen LogP contribution in [0, 0.1) is 0 Å². The molecule has 0 saturated heterocycles. The molecule has 0 aliphatic heterocycles. The van der Waals surface area contributed by atoms with Crippen molar-refractivity contribution < 1.29 is 4.79 Å². The number of benzene rings is 2. The molecule has 0 aliphatic rings. The molecule has 0 fully saturated rings. The largest absolute Gasteiger partial charge is 0.359 e. The highest BCUT2D eigenvalue weighted by Crippen LogP contribution is 2.24. The standard InChI is InChI=1S/C22H23N3O2S/c1-23-20(26)9-5-6-14-28-22-24-19(15-21(27)25-22)18-12-10-17(11-13-18)16-7-3-2-4-8-16/h2-4,7-8,10-13,15H,5-6,9,14H2,1H3,(H,23,26)(H,24,25,27). The van der Waals surface area contributed by atoms with Crippen molar-refractivity contribution in [1.29, 1.82) is 0 Å². The number of nitrogens with one attached hydrogen (secondary N) is 2. The molecule has 1 heterocycles. The maximum atomic E-state index is 12.0. The monoisotopic (exact) mass is 393 g/mol. The summed E-state index contributed by atoms with van der Waals surface area (Å²) in [6.07, 6.45) is 2.23. The second-order valence-electron chi connectivity index (χ2n) is 6.36. The highest BCUT2D eigenvalue weighted by molar-refractivity contribution is 7.99. The minimum absolute atomic E-state index is 0.0532. The van der Waals surface area contributed by atoms with Crippen molar-refractivity contribution in [2.45, 2.75) is 24.4 Å². The van der Waals surface area contributed by atoms with E-state index in [0.717, 1.165) is 35.3 Å². The molecule has 0 unspecified atom stereocenters. The van der Waals surface area contributed by atoms with Crippen LogP contribution in [0.3, 0.4) is 0 Å². The van der Waals surface area contributed by atoms with Crippen LogP contribution in [-0.4, -0.2) is 28.7 Å². The summed E-state index contributed by atoms with van der Waals surface area (Å²) in [6.45, 7) is 0. The van der Waals surface area contributed by atoms with Crippen LogP contribution in [0.2, 0.25) is 0 Å². The number of amides is 1. The summed E-state index contributed by atoms with van der Waals surface area (Å²) in [5.74, 6) is 0.855. The summed E-state index contributed by atoms with van der Waals surface area (Å²) in [6, 6.07) is 19.7. The third-order valence-corrected chi connectivity index (χ3v) is 5.28. The van der Waals surface area contributed by atoms with Gasteiger partial charge in [-0.25, -0.2) is 4.98 Å². The van der Waals surface area contributed by atoms with E-state index < -0.39 is 0 Å². The van der Waals surface area contributed by atoms with Crippen molar-refractivity contribution in [3.05, 3.63) is 71.0 Å². The number of aromatic nitrogens is 2. The van der Waals surface area contributed by atoms with Gasteiger partial charge in [0.15, 0.2) is 5.16 Å². The summed E-state index contributed by atoms with van der Waals surface area (Å²) >= 11 is 1.50. The number of rotatable bonds is 8. The predicted octanol–water partition coefficient (Wildman–Crippen LogP) is 4.11. The van der Waals surface area contributed by atoms with E-state index in [1.807, 2.05) is 42.5 Å². The van der Waals surface area contributed by atoms with Gasteiger partial charge in [-0.2, -0.15) is 0 Å². The Morgan fingerprint density at radius 2 is 1.68 bits per heavy atom. The van der Waals surface area contributed by atoms with Gasteiger partial charge >= 0.3 is 0 Å². The molecule has 3 aromatic rings. The summed E-state index contributed by atoms with van der Waals surface area (Å²) in [5.41, 5.74) is 3.69. The zero-order chi connectivity index (χ0) is 19.8. The number of hydrogen-bond acceptors (Lipinski definition) is 4. The molecule has 0 bridgehead atoms. The Kier molecular flexibility index (Phi) is 7.03. The Bertz CT molecular complexity index is 969. The number of carbonyl (C=O) groups excluding carboxylic acids is 1. The van der Waals surface area contributed by atoms with E-state index in [4.69, 9.17) is 0 Å². The van der Waals surface area contributed by atoms with Crippen molar-refractivity contribution in [1.82, 2.24) is 15.3 Å². The lowest BCUT2D eigenvalue weighted by Crippen LogP contribution is -2.16. The number of H-pyrrole nitrogens is 1. The average molecular weight is 394 g/mol. The quantitative estimate of drug-likeness (QED) is 0.343. The van der Waals surface area contributed by atoms with Crippen molar-refractivity contribution in [3.63, 3.8) is 0 Å². The van der Waals surface area contributed by atoms with Crippen LogP contribution in [0.25, 0.3) is 22.4 Å².